The fraction of sp³-hybridized carbons (Fsp3) is 0. The molecule has 2 aliphatic rings. The molecule has 4 heteroatoms. The summed E-state index contributed by atoms with van der Waals surface area (Å²) in [6, 6.07) is 126. The van der Waals surface area contributed by atoms with Crippen molar-refractivity contribution in [2.24, 2.45) is 0 Å². The largest absolute Gasteiger partial charge is 0.310 e. The SMILES string of the molecule is c1ccc(-c2ccc3c(c2)B2c4ccc(-c5c6ccccc6c(-n6c7ccccc7c7ccccc76)c6ccccc56)cc4N(c4c(-c5ccccc5)cccc4-c4ccccc4)c4cccc(c42)N3c2c(-c3ccccc3)cccc2-c2ccccc2)cc1. The van der Waals surface area contributed by atoms with Crippen molar-refractivity contribution in [2.75, 3.05) is 9.80 Å². The number of rotatable bonds is 9. The van der Waals surface area contributed by atoms with Crippen LogP contribution in [0.3, 0.4) is 0 Å². The molecule has 0 saturated carbocycles. The van der Waals surface area contributed by atoms with Gasteiger partial charge in [-0.1, -0.05) is 303 Å². The molecule has 15 aromatic carbocycles. The lowest BCUT2D eigenvalue weighted by Gasteiger charge is -2.45. The van der Waals surface area contributed by atoms with E-state index in [1.807, 2.05) is 0 Å². The highest BCUT2D eigenvalue weighted by atomic mass is 15.2. The van der Waals surface area contributed by atoms with Crippen LogP contribution >= 0.6 is 0 Å². The van der Waals surface area contributed by atoms with Gasteiger partial charge in [0.2, 0.25) is 0 Å². The van der Waals surface area contributed by atoms with E-state index in [0.717, 1.165) is 84.2 Å². The summed E-state index contributed by atoms with van der Waals surface area (Å²) in [4.78, 5) is 5.26. The van der Waals surface area contributed by atoms with E-state index in [0.29, 0.717) is 0 Å². The van der Waals surface area contributed by atoms with Gasteiger partial charge in [-0.25, -0.2) is 0 Å². The highest BCUT2D eigenvalue weighted by Gasteiger charge is 2.45. The molecule has 18 rings (SSSR count). The maximum atomic E-state index is 2.65. The van der Waals surface area contributed by atoms with Gasteiger partial charge in [0.05, 0.1) is 28.1 Å². The monoisotopic (exact) mass is 1140 g/mol. The summed E-state index contributed by atoms with van der Waals surface area (Å²) < 4.78 is 2.52. The van der Waals surface area contributed by atoms with Crippen molar-refractivity contribution in [1.29, 1.82) is 0 Å². The summed E-state index contributed by atoms with van der Waals surface area (Å²) in [7, 11) is 0. The smallest absolute Gasteiger partial charge is 0.252 e. The van der Waals surface area contributed by atoms with Crippen molar-refractivity contribution in [3.8, 4) is 72.4 Å². The Morgan fingerprint density at radius 3 is 1.06 bits per heavy atom. The molecule has 2 aliphatic heterocycles. The topological polar surface area (TPSA) is 11.4 Å². The van der Waals surface area contributed by atoms with Gasteiger partial charge in [-0.2, -0.15) is 0 Å². The zero-order valence-corrected chi connectivity index (χ0v) is 49.3. The minimum Gasteiger partial charge on any atom is -0.310 e. The Morgan fingerprint density at radius 1 is 0.211 bits per heavy atom. The minimum atomic E-state index is -0.175. The van der Waals surface area contributed by atoms with Gasteiger partial charge in [0, 0.05) is 66.5 Å². The van der Waals surface area contributed by atoms with Gasteiger partial charge in [-0.3, -0.25) is 0 Å². The minimum absolute atomic E-state index is 0.175. The van der Waals surface area contributed by atoms with E-state index in [1.165, 1.54) is 82.1 Å². The molecule has 3 nitrogen and oxygen atoms in total. The number of anilines is 6. The molecule has 418 valence electrons. The van der Waals surface area contributed by atoms with E-state index in [9.17, 15) is 0 Å². The Morgan fingerprint density at radius 2 is 0.589 bits per heavy atom. The summed E-state index contributed by atoms with van der Waals surface area (Å²) in [5, 5.41) is 7.28. The molecule has 1 aromatic heterocycles. The third-order valence-electron chi connectivity index (χ3n) is 19.0. The number of fused-ring (bicyclic) bond motifs is 9. The van der Waals surface area contributed by atoms with E-state index in [4.69, 9.17) is 0 Å². The molecule has 90 heavy (non-hydrogen) atoms. The first kappa shape index (κ1) is 51.5. The molecule has 0 N–H and O–H groups in total. The van der Waals surface area contributed by atoms with Crippen LogP contribution in [0.15, 0.2) is 340 Å². The van der Waals surface area contributed by atoms with E-state index < -0.39 is 0 Å². The van der Waals surface area contributed by atoms with Gasteiger partial charge in [-0.05, 0) is 108 Å². The first-order valence-corrected chi connectivity index (χ1v) is 31.2. The van der Waals surface area contributed by atoms with E-state index in [1.54, 1.807) is 0 Å². The molecular weight excluding hydrogens is 1090 g/mol. The molecule has 0 aliphatic carbocycles. The normalized spacial score (nSPS) is 12.4. The van der Waals surface area contributed by atoms with Crippen molar-refractivity contribution in [1.82, 2.24) is 4.57 Å². The Hall–Kier alpha value is -11.7. The molecule has 0 fully saturated rings. The molecule has 0 bridgehead atoms. The third kappa shape index (κ3) is 8.01. The summed E-state index contributed by atoms with van der Waals surface area (Å²) >= 11 is 0. The van der Waals surface area contributed by atoms with Crippen LogP contribution in [0.1, 0.15) is 0 Å². The maximum Gasteiger partial charge on any atom is 0.252 e. The maximum absolute atomic E-state index is 2.65. The molecule has 16 aromatic rings. The van der Waals surface area contributed by atoms with Crippen molar-refractivity contribution in [3.63, 3.8) is 0 Å². The van der Waals surface area contributed by atoms with Crippen molar-refractivity contribution in [2.45, 2.75) is 0 Å². The number of hydrogen-bond acceptors (Lipinski definition) is 2. The fourth-order valence-corrected chi connectivity index (χ4v) is 15.2. The molecule has 0 atom stereocenters. The molecular formula is C86H56BN3. The lowest BCUT2D eigenvalue weighted by Crippen LogP contribution is -2.61. The average molecular weight is 1140 g/mol. The van der Waals surface area contributed by atoms with E-state index in [-0.39, 0.29) is 6.71 Å². The zero-order chi connectivity index (χ0) is 59.2. The van der Waals surface area contributed by atoms with E-state index >= 15 is 0 Å². The summed E-state index contributed by atoms with van der Waals surface area (Å²) in [5.41, 5.74) is 28.1. The van der Waals surface area contributed by atoms with Gasteiger partial charge in [0.1, 0.15) is 0 Å². The number of hydrogen-bond donors (Lipinski definition) is 0. The second-order valence-corrected chi connectivity index (χ2v) is 23.8. The predicted molar refractivity (Wildman–Crippen MR) is 382 cm³/mol. The molecule has 0 unspecified atom stereocenters. The third-order valence-corrected chi connectivity index (χ3v) is 19.0. The molecule has 3 heterocycles. The lowest BCUT2D eigenvalue weighted by atomic mass is 9.33. The Kier molecular flexibility index (Phi) is 12.0. The van der Waals surface area contributed by atoms with Crippen LogP contribution in [0.2, 0.25) is 0 Å². The number of para-hydroxylation sites is 4. The van der Waals surface area contributed by atoms with Gasteiger partial charge in [0.25, 0.3) is 6.71 Å². The van der Waals surface area contributed by atoms with Crippen molar-refractivity contribution in [3.05, 3.63) is 340 Å². The van der Waals surface area contributed by atoms with Crippen LogP contribution in [-0.2, 0) is 0 Å². The van der Waals surface area contributed by atoms with Gasteiger partial charge in [-0.15, -0.1) is 0 Å². The van der Waals surface area contributed by atoms with Gasteiger partial charge in [0.15, 0.2) is 0 Å². The Labute approximate surface area is 524 Å². The second-order valence-electron chi connectivity index (χ2n) is 23.8. The summed E-state index contributed by atoms with van der Waals surface area (Å²) in [5.74, 6) is 0. The Bertz CT molecular complexity index is 5260. The van der Waals surface area contributed by atoms with Crippen molar-refractivity contribution < 1.29 is 0 Å². The zero-order valence-electron chi connectivity index (χ0n) is 49.3. The molecule has 0 amide bonds. The van der Waals surface area contributed by atoms with Crippen LogP contribution in [0, 0.1) is 0 Å². The standard InChI is InChI=1S/C86H56BN3/c1-6-27-57(28-7-1)62-52-54-78-75(55-62)87-74-53-51-63(82-70-39-16-18-41-72(70)86(73-42-19-17-40-71(73)82)88-76-47-22-20-37-68(76)69-38-21-23-48-77(69)88)56-81(74)90(85-66(60-33-12-4-13-34-60)45-25-46-67(85)61-35-14-5-15-36-61)80-50-26-49-79(83(80)87)89(78)84-64(58-29-8-2-9-30-58)43-24-44-65(84)59-31-10-3-11-32-59/h1-56H. The van der Waals surface area contributed by atoms with Crippen LogP contribution < -0.4 is 26.2 Å². The highest BCUT2D eigenvalue weighted by molar-refractivity contribution is 7.00. The molecule has 0 radical (unpaired) electrons. The van der Waals surface area contributed by atoms with Crippen LogP contribution in [0.25, 0.3) is 116 Å². The number of nitrogens with zero attached hydrogens (tertiary/aromatic N) is 3. The van der Waals surface area contributed by atoms with Crippen LogP contribution in [-0.4, -0.2) is 11.3 Å². The predicted octanol–water partition coefficient (Wildman–Crippen LogP) is 21.2. The fourth-order valence-electron chi connectivity index (χ4n) is 15.2. The van der Waals surface area contributed by atoms with Gasteiger partial charge < -0.3 is 14.4 Å². The first-order valence-electron chi connectivity index (χ1n) is 31.2. The van der Waals surface area contributed by atoms with Gasteiger partial charge >= 0.3 is 0 Å². The number of aromatic nitrogens is 1. The average Bonchev–Trinajstić information content (AvgIpc) is 0.742. The lowest BCUT2D eigenvalue weighted by molar-refractivity contribution is 1.21. The van der Waals surface area contributed by atoms with Crippen molar-refractivity contribution >= 4 is 101 Å². The Balaban J connectivity index is 0.967. The highest BCUT2D eigenvalue weighted by Crippen LogP contribution is 2.54. The second kappa shape index (κ2) is 21.0. The summed E-state index contributed by atoms with van der Waals surface area (Å²) in [6.45, 7) is -0.175. The number of benzene rings is 15. The quantitative estimate of drug-likeness (QED) is 0.105. The molecule has 0 saturated heterocycles. The van der Waals surface area contributed by atoms with Crippen LogP contribution in [0.4, 0.5) is 34.1 Å². The first-order chi connectivity index (χ1) is 44.7. The van der Waals surface area contributed by atoms with Crippen LogP contribution in [0.5, 0.6) is 0 Å². The summed E-state index contributed by atoms with van der Waals surface area (Å²) in [6.07, 6.45) is 0. The molecule has 0 spiro atoms. The van der Waals surface area contributed by atoms with E-state index in [2.05, 4.69) is 354 Å².